The number of amides is 1. The van der Waals surface area contributed by atoms with Crippen molar-refractivity contribution in [3.05, 3.63) is 36.0 Å². The third-order valence-corrected chi connectivity index (χ3v) is 5.55. The number of hydrogen-bond donors (Lipinski definition) is 2. The van der Waals surface area contributed by atoms with Crippen LogP contribution in [0.3, 0.4) is 0 Å². The summed E-state index contributed by atoms with van der Waals surface area (Å²) < 4.78 is 10.9. The van der Waals surface area contributed by atoms with Gasteiger partial charge in [0.2, 0.25) is 5.91 Å². The van der Waals surface area contributed by atoms with Gasteiger partial charge in [-0.2, -0.15) is 0 Å². The molecule has 1 amide bonds. The van der Waals surface area contributed by atoms with Crippen LogP contribution in [-0.4, -0.2) is 26.2 Å². The van der Waals surface area contributed by atoms with E-state index in [4.69, 9.17) is 15.2 Å². The molecule has 5 nitrogen and oxygen atoms in total. The molecule has 5 heteroatoms. The number of ether oxygens (including phenoxy) is 2. The van der Waals surface area contributed by atoms with Crippen molar-refractivity contribution in [2.45, 2.75) is 96.8 Å². The maximum absolute atomic E-state index is 12.2. The summed E-state index contributed by atoms with van der Waals surface area (Å²) in [5.41, 5.74) is 6.35. The van der Waals surface area contributed by atoms with Gasteiger partial charge in [0, 0.05) is 6.54 Å². The van der Waals surface area contributed by atoms with Gasteiger partial charge in [0.15, 0.2) is 11.5 Å². The van der Waals surface area contributed by atoms with Crippen LogP contribution in [0.25, 0.3) is 0 Å². The minimum absolute atomic E-state index is 0.0337. The highest BCUT2D eigenvalue weighted by Crippen LogP contribution is 2.28. The number of carbonyl (C=O) groups excluding carboxylic acids is 1. The van der Waals surface area contributed by atoms with Gasteiger partial charge in [0.05, 0.1) is 13.5 Å². The molecule has 32 heavy (non-hydrogen) atoms. The molecule has 0 heterocycles. The zero-order valence-corrected chi connectivity index (χ0v) is 20.5. The standard InChI is InChI=1S/C27H46N2O3/c1-3-4-5-6-7-8-9-10-11-12-13-14-15-16-20-29-27(30)23-24-17-18-25(32-21-19-28)26(22-24)31-2/h16-18,20,22H,3-15,19,21,23,28H2,1-2H3,(H,29,30). The van der Waals surface area contributed by atoms with Gasteiger partial charge in [-0.25, -0.2) is 0 Å². The Hall–Kier alpha value is -2.01. The molecule has 1 aromatic rings. The molecule has 0 saturated heterocycles. The first kappa shape index (κ1) is 28.0. The van der Waals surface area contributed by atoms with E-state index in [0.717, 1.165) is 12.0 Å². The van der Waals surface area contributed by atoms with Gasteiger partial charge in [0.25, 0.3) is 0 Å². The van der Waals surface area contributed by atoms with Crippen molar-refractivity contribution in [1.29, 1.82) is 0 Å². The largest absolute Gasteiger partial charge is 0.493 e. The SMILES string of the molecule is CCCCCCCCCCCCCCC=CNC(=O)Cc1ccc(OCCN)c(OC)c1. The van der Waals surface area contributed by atoms with Gasteiger partial charge in [-0.1, -0.05) is 89.7 Å². The molecule has 0 saturated carbocycles. The summed E-state index contributed by atoms with van der Waals surface area (Å²) in [5, 5.41) is 2.85. The van der Waals surface area contributed by atoms with Crippen LogP contribution in [0.15, 0.2) is 30.5 Å². The summed E-state index contributed by atoms with van der Waals surface area (Å²) in [4.78, 5) is 12.2. The molecule has 182 valence electrons. The fourth-order valence-electron chi connectivity index (χ4n) is 3.68. The Morgan fingerprint density at radius 3 is 2.16 bits per heavy atom. The van der Waals surface area contributed by atoms with E-state index in [0.29, 0.717) is 31.1 Å². The highest BCUT2D eigenvalue weighted by Gasteiger charge is 2.08. The Balaban J connectivity index is 2.06. The second-order valence-corrected chi connectivity index (χ2v) is 8.45. The minimum atomic E-state index is -0.0337. The van der Waals surface area contributed by atoms with Crippen molar-refractivity contribution in [1.82, 2.24) is 5.32 Å². The van der Waals surface area contributed by atoms with E-state index in [1.54, 1.807) is 13.3 Å². The highest BCUT2D eigenvalue weighted by molar-refractivity contribution is 5.79. The topological polar surface area (TPSA) is 73.6 Å². The average Bonchev–Trinajstić information content (AvgIpc) is 2.80. The molecule has 0 atom stereocenters. The number of carbonyl (C=O) groups is 1. The van der Waals surface area contributed by atoms with Crippen molar-refractivity contribution < 1.29 is 14.3 Å². The van der Waals surface area contributed by atoms with Crippen LogP contribution < -0.4 is 20.5 Å². The fraction of sp³-hybridized carbons (Fsp3) is 0.667. The van der Waals surface area contributed by atoms with E-state index >= 15 is 0 Å². The average molecular weight is 447 g/mol. The normalized spacial score (nSPS) is 11.1. The predicted molar refractivity (Wildman–Crippen MR) is 134 cm³/mol. The van der Waals surface area contributed by atoms with Gasteiger partial charge in [-0.05, 0) is 36.7 Å². The quantitative estimate of drug-likeness (QED) is 0.231. The van der Waals surface area contributed by atoms with Crippen molar-refractivity contribution in [3.8, 4) is 11.5 Å². The number of nitrogens with two attached hydrogens (primary N) is 1. The van der Waals surface area contributed by atoms with Gasteiger partial charge < -0.3 is 20.5 Å². The van der Waals surface area contributed by atoms with E-state index in [2.05, 4.69) is 18.3 Å². The lowest BCUT2D eigenvalue weighted by Crippen LogP contribution is -2.19. The molecule has 0 aliphatic rings. The summed E-state index contributed by atoms with van der Waals surface area (Å²) >= 11 is 0. The first-order valence-electron chi connectivity index (χ1n) is 12.7. The van der Waals surface area contributed by atoms with Gasteiger partial charge in [-0.15, -0.1) is 0 Å². The zero-order chi connectivity index (χ0) is 23.3. The molecule has 0 aliphatic heterocycles. The first-order chi connectivity index (χ1) is 15.7. The third-order valence-electron chi connectivity index (χ3n) is 5.55. The van der Waals surface area contributed by atoms with Crippen LogP contribution in [0.4, 0.5) is 0 Å². The molecule has 1 rings (SSSR count). The van der Waals surface area contributed by atoms with Crippen LogP contribution in [-0.2, 0) is 11.2 Å². The lowest BCUT2D eigenvalue weighted by atomic mass is 10.0. The van der Waals surface area contributed by atoms with Crippen molar-refractivity contribution in [3.63, 3.8) is 0 Å². The Labute approximate surface area is 196 Å². The molecule has 0 spiro atoms. The zero-order valence-electron chi connectivity index (χ0n) is 20.5. The second-order valence-electron chi connectivity index (χ2n) is 8.45. The monoisotopic (exact) mass is 446 g/mol. The Bertz CT molecular complexity index is 631. The van der Waals surface area contributed by atoms with Crippen LogP contribution >= 0.6 is 0 Å². The lowest BCUT2D eigenvalue weighted by Gasteiger charge is -2.11. The maximum atomic E-state index is 12.2. The summed E-state index contributed by atoms with van der Waals surface area (Å²) in [6.07, 6.45) is 21.4. The number of hydrogen-bond acceptors (Lipinski definition) is 4. The molecule has 0 unspecified atom stereocenters. The smallest absolute Gasteiger partial charge is 0.228 e. The number of allylic oxidation sites excluding steroid dienone is 1. The second kappa shape index (κ2) is 19.7. The van der Waals surface area contributed by atoms with E-state index < -0.39 is 0 Å². The molecule has 0 aliphatic carbocycles. The predicted octanol–water partition coefficient (Wildman–Crippen LogP) is 6.30. The van der Waals surface area contributed by atoms with E-state index in [-0.39, 0.29) is 5.91 Å². The van der Waals surface area contributed by atoms with Crippen molar-refractivity contribution in [2.24, 2.45) is 5.73 Å². The Morgan fingerprint density at radius 2 is 1.56 bits per heavy atom. The third kappa shape index (κ3) is 14.1. The molecular weight excluding hydrogens is 400 g/mol. The number of methoxy groups -OCH3 is 1. The van der Waals surface area contributed by atoms with E-state index in [1.165, 1.54) is 77.0 Å². The summed E-state index contributed by atoms with van der Waals surface area (Å²) in [6.45, 7) is 3.14. The van der Waals surface area contributed by atoms with E-state index in [9.17, 15) is 4.79 Å². The number of nitrogens with one attached hydrogen (secondary N) is 1. The van der Waals surface area contributed by atoms with Crippen LogP contribution in [0, 0.1) is 0 Å². The number of rotatable bonds is 20. The number of unbranched alkanes of at least 4 members (excludes halogenated alkanes) is 12. The van der Waals surface area contributed by atoms with Crippen LogP contribution in [0.5, 0.6) is 11.5 Å². The first-order valence-corrected chi connectivity index (χ1v) is 12.7. The van der Waals surface area contributed by atoms with Crippen LogP contribution in [0.1, 0.15) is 96.0 Å². The Morgan fingerprint density at radius 1 is 0.938 bits per heavy atom. The molecule has 3 N–H and O–H groups in total. The Kier molecular flexibility index (Phi) is 17.2. The molecule has 0 aromatic heterocycles. The highest BCUT2D eigenvalue weighted by atomic mass is 16.5. The van der Waals surface area contributed by atoms with Gasteiger partial charge >= 0.3 is 0 Å². The summed E-state index contributed by atoms with van der Waals surface area (Å²) in [7, 11) is 1.59. The van der Waals surface area contributed by atoms with Crippen LogP contribution in [0.2, 0.25) is 0 Å². The van der Waals surface area contributed by atoms with E-state index in [1.807, 2.05) is 18.2 Å². The summed E-state index contributed by atoms with van der Waals surface area (Å²) in [6, 6.07) is 5.53. The lowest BCUT2D eigenvalue weighted by molar-refractivity contribution is -0.119. The summed E-state index contributed by atoms with van der Waals surface area (Å²) in [5.74, 6) is 1.23. The number of benzene rings is 1. The maximum Gasteiger partial charge on any atom is 0.228 e. The van der Waals surface area contributed by atoms with Crippen molar-refractivity contribution >= 4 is 5.91 Å². The molecule has 0 fully saturated rings. The molecular formula is C27H46N2O3. The van der Waals surface area contributed by atoms with Gasteiger partial charge in [0.1, 0.15) is 6.61 Å². The van der Waals surface area contributed by atoms with Crippen molar-refractivity contribution in [2.75, 3.05) is 20.3 Å². The molecule has 0 bridgehead atoms. The minimum Gasteiger partial charge on any atom is -0.493 e. The fourth-order valence-corrected chi connectivity index (χ4v) is 3.68. The molecule has 0 radical (unpaired) electrons. The molecule has 1 aromatic carbocycles. The van der Waals surface area contributed by atoms with Gasteiger partial charge in [-0.3, -0.25) is 4.79 Å².